The van der Waals surface area contributed by atoms with E-state index in [1.165, 1.54) is 23.8 Å². The van der Waals surface area contributed by atoms with Crippen LogP contribution >= 0.6 is 0 Å². The number of hydrogen-bond acceptors (Lipinski definition) is 2. The van der Waals surface area contributed by atoms with E-state index < -0.39 is 0 Å². The molecule has 2 aromatic carbocycles. The molecule has 0 radical (unpaired) electrons. The van der Waals surface area contributed by atoms with Crippen LogP contribution in [0.1, 0.15) is 31.9 Å². The highest BCUT2D eigenvalue weighted by Gasteiger charge is 2.40. The van der Waals surface area contributed by atoms with Crippen molar-refractivity contribution in [3.8, 4) is 0 Å². The van der Waals surface area contributed by atoms with Crippen LogP contribution in [0.3, 0.4) is 0 Å². The van der Waals surface area contributed by atoms with Gasteiger partial charge in [-0.05, 0) is 48.4 Å². The molecule has 0 aromatic heterocycles. The summed E-state index contributed by atoms with van der Waals surface area (Å²) in [4.78, 5) is 14.4. The van der Waals surface area contributed by atoms with Gasteiger partial charge in [0.15, 0.2) is 0 Å². The molecule has 1 atom stereocenters. The van der Waals surface area contributed by atoms with E-state index in [-0.39, 0.29) is 17.1 Å². The molecule has 0 saturated heterocycles. The van der Waals surface area contributed by atoms with Crippen LogP contribution < -0.4 is 10.2 Å². The van der Waals surface area contributed by atoms with Gasteiger partial charge in [-0.25, -0.2) is 4.39 Å². The Morgan fingerprint density at radius 1 is 1.20 bits per heavy atom. The van der Waals surface area contributed by atoms with E-state index in [1.807, 2.05) is 12.1 Å². The van der Waals surface area contributed by atoms with Crippen molar-refractivity contribution < 1.29 is 9.18 Å². The molecule has 0 spiro atoms. The van der Waals surface area contributed by atoms with Gasteiger partial charge in [0.1, 0.15) is 5.82 Å². The Morgan fingerprint density at radius 3 is 2.56 bits per heavy atom. The lowest BCUT2D eigenvalue weighted by Crippen LogP contribution is -2.36. The summed E-state index contributed by atoms with van der Waals surface area (Å²) in [7, 11) is 2.08. The van der Waals surface area contributed by atoms with Crippen LogP contribution in [0.15, 0.2) is 48.5 Å². The first kappa shape index (κ1) is 17.2. The Balaban J connectivity index is 1.74. The number of hydrogen-bond donors (Lipinski definition) is 1. The average molecular weight is 338 g/mol. The standard InChI is InChI=1S/C21H23FN2O/c1-14-21(2,3)18-11-10-17(13-19(18)24(14)4)23-20(25)12-7-15-5-8-16(22)9-6-15/h5-14H,1-4H3,(H,23,25)/b12-7+/t14-/m0/s1. The minimum Gasteiger partial charge on any atom is -0.371 e. The van der Waals surface area contributed by atoms with Crippen LogP contribution in [-0.2, 0) is 10.2 Å². The first-order valence-corrected chi connectivity index (χ1v) is 8.41. The number of carbonyl (C=O) groups is 1. The summed E-state index contributed by atoms with van der Waals surface area (Å²) in [5.41, 5.74) is 4.07. The summed E-state index contributed by atoms with van der Waals surface area (Å²) >= 11 is 0. The van der Waals surface area contributed by atoms with Gasteiger partial charge < -0.3 is 10.2 Å². The molecule has 0 unspecified atom stereocenters. The molecular weight excluding hydrogens is 315 g/mol. The molecular formula is C21H23FN2O. The highest BCUT2D eigenvalue weighted by atomic mass is 19.1. The van der Waals surface area contributed by atoms with E-state index in [0.717, 1.165) is 16.9 Å². The number of halogens is 1. The van der Waals surface area contributed by atoms with Crippen molar-refractivity contribution in [2.45, 2.75) is 32.2 Å². The minimum atomic E-state index is -0.291. The maximum Gasteiger partial charge on any atom is 0.248 e. The fourth-order valence-corrected chi connectivity index (χ4v) is 3.29. The van der Waals surface area contributed by atoms with Gasteiger partial charge in [0, 0.05) is 36.0 Å². The van der Waals surface area contributed by atoms with Gasteiger partial charge in [0.25, 0.3) is 0 Å². The maximum absolute atomic E-state index is 12.9. The number of carbonyl (C=O) groups excluding carboxylic acids is 1. The Morgan fingerprint density at radius 2 is 1.88 bits per heavy atom. The van der Waals surface area contributed by atoms with Crippen LogP contribution in [0, 0.1) is 5.82 Å². The Kier molecular flexibility index (Phi) is 4.38. The van der Waals surface area contributed by atoms with Crippen molar-refractivity contribution in [2.75, 3.05) is 17.3 Å². The fourth-order valence-electron chi connectivity index (χ4n) is 3.29. The van der Waals surface area contributed by atoms with E-state index in [4.69, 9.17) is 0 Å². The first-order chi connectivity index (χ1) is 11.8. The smallest absolute Gasteiger partial charge is 0.248 e. The van der Waals surface area contributed by atoms with Crippen LogP contribution in [0.5, 0.6) is 0 Å². The van der Waals surface area contributed by atoms with Gasteiger partial charge in [0.2, 0.25) is 5.91 Å². The predicted octanol–water partition coefficient (Wildman–Crippen LogP) is 4.59. The zero-order valence-corrected chi connectivity index (χ0v) is 15.0. The lowest BCUT2D eigenvalue weighted by molar-refractivity contribution is -0.111. The Labute approximate surface area is 148 Å². The minimum absolute atomic E-state index is 0.0785. The van der Waals surface area contributed by atoms with Crippen molar-refractivity contribution in [3.05, 3.63) is 65.5 Å². The quantitative estimate of drug-likeness (QED) is 0.830. The normalized spacial score (nSPS) is 18.4. The second-order valence-electron chi connectivity index (χ2n) is 7.11. The average Bonchev–Trinajstić information content (AvgIpc) is 2.75. The van der Waals surface area contributed by atoms with E-state index in [2.05, 4.69) is 44.1 Å². The SMILES string of the molecule is C[C@@H]1N(C)c2cc(NC(=O)/C=C/c3ccc(F)cc3)ccc2C1(C)C. The number of likely N-dealkylation sites (N-methyl/N-ethyl adjacent to an activating group) is 1. The number of benzene rings is 2. The van der Waals surface area contributed by atoms with Crippen molar-refractivity contribution in [2.24, 2.45) is 0 Å². The topological polar surface area (TPSA) is 32.3 Å². The predicted molar refractivity (Wildman–Crippen MR) is 101 cm³/mol. The Bertz CT molecular complexity index is 824. The van der Waals surface area contributed by atoms with Gasteiger partial charge in [-0.3, -0.25) is 4.79 Å². The number of nitrogens with zero attached hydrogens (tertiary/aromatic N) is 1. The lowest BCUT2D eigenvalue weighted by Gasteiger charge is -2.28. The molecule has 1 N–H and O–H groups in total. The summed E-state index contributed by atoms with van der Waals surface area (Å²) in [6, 6.07) is 12.5. The molecule has 25 heavy (non-hydrogen) atoms. The summed E-state index contributed by atoms with van der Waals surface area (Å²) in [6.45, 7) is 6.69. The number of anilines is 2. The van der Waals surface area contributed by atoms with Gasteiger partial charge in [-0.1, -0.05) is 32.0 Å². The van der Waals surface area contributed by atoms with Gasteiger partial charge in [-0.15, -0.1) is 0 Å². The van der Waals surface area contributed by atoms with E-state index in [9.17, 15) is 9.18 Å². The summed E-state index contributed by atoms with van der Waals surface area (Å²) in [6.07, 6.45) is 3.12. The van der Waals surface area contributed by atoms with Gasteiger partial charge >= 0.3 is 0 Å². The van der Waals surface area contributed by atoms with Crippen molar-refractivity contribution >= 4 is 23.4 Å². The van der Waals surface area contributed by atoms with Crippen LogP contribution in [-0.4, -0.2) is 19.0 Å². The van der Waals surface area contributed by atoms with Crippen LogP contribution in [0.2, 0.25) is 0 Å². The molecule has 0 saturated carbocycles. The zero-order chi connectivity index (χ0) is 18.2. The third-order valence-corrected chi connectivity index (χ3v) is 5.26. The van der Waals surface area contributed by atoms with E-state index in [0.29, 0.717) is 6.04 Å². The van der Waals surface area contributed by atoms with Crippen molar-refractivity contribution in [1.29, 1.82) is 0 Å². The first-order valence-electron chi connectivity index (χ1n) is 8.41. The monoisotopic (exact) mass is 338 g/mol. The number of fused-ring (bicyclic) bond motifs is 1. The summed E-state index contributed by atoms with van der Waals surface area (Å²) in [5, 5.41) is 2.89. The molecule has 0 fully saturated rings. The molecule has 3 rings (SSSR count). The Hall–Kier alpha value is -2.62. The third-order valence-electron chi connectivity index (χ3n) is 5.26. The molecule has 1 aliphatic rings. The second kappa shape index (κ2) is 6.36. The number of nitrogens with one attached hydrogen (secondary N) is 1. The third kappa shape index (κ3) is 3.29. The van der Waals surface area contributed by atoms with Gasteiger partial charge in [0.05, 0.1) is 0 Å². The van der Waals surface area contributed by atoms with Crippen molar-refractivity contribution in [3.63, 3.8) is 0 Å². The number of amides is 1. The largest absolute Gasteiger partial charge is 0.371 e. The zero-order valence-electron chi connectivity index (χ0n) is 15.0. The second-order valence-corrected chi connectivity index (χ2v) is 7.11. The highest BCUT2D eigenvalue weighted by molar-refractivity contribution is 6.02. The molecule has 0 bridgehead atoms. The molecule has 4 heteroatoms. The van der Waals surface area contributed by atoms with Crippen LogP contribution in [0.4, 0.5) is 15.8 Å². The number of rotatable bonds is 3. The molecule has 0 aliphatic carbocycles. The molecule has 1 aliphatic heterocycles. The molecule has 1 amide bonds. The maximum atomic E-state index is 12.9. The highest BCUT2D eigenvalue weighted by Crippen LogP contribution is 2.45. The van der Waals surface area contributed by atoms with Gasteiger partial charge in [-0.2, -0.15) is 0 Å². The van der Waals surface area contributed by atoms with Crippen LogP contribution in [0.25, 0.3) is 6.08 Å². The van der Waals surface area contributed by atoms with E-state index >= 15 is 0 Å². The van der Waals surface area contributed by atoms with E-state index in [1.54, 1.807) is 18.2 Å². The fraction of sp³-hybridized carbons (Fsp3) is 0.286. The molecule has 1 heterocycles. The summed E-state index contributed by atoms with van der Waals surface area (Å²) < 4.78 is 12.9. The van der Waals surface area contributed by atoms with Crippen molar-refractivity contribution in [1.82, 2.24) is 0 Å². The molecule has 130 valence electrons. The molecule has 3 nitrogen and oxygen atoms in total. The molecule has 2 aromatic rings. The summed E-state index contributed by atoms with van der Waals surface area (Å²) in [5.74, 6) is -0.502. The lowest BCUT2D eigenvalue weighted by atomic mass is 9.81.